The molecule has 1 amide bonds. The molecule has 2 N–H and O–H groups in total. The largest absolute Gasteiger partial charge is 0.331 e. The lowest BCUT2D eigenvalue weighted by Gasteiger charge is -2.10. The molecule has 5 nitrogen and oxygen atoms in total. The van der Waals surface area contributed by atoms with Crippen LogP contribution >= 0.6 is 23.4 Å². The second-order valence-corrected chi connectivity index (χ2v) is 6.71. The van der Waals surface area contributed by atoms with Crippen LogP contribution in [0, 0.1) is 11.6 Å². The summed E-state index contributed by atoms with van der Waals surface area (Å²) in [5.74, 6) is -2.35. The minimum atomic E-state index is -1.02. The van der Waals surface area contributed by atoms with Gasteiger partial charge in [0.1, 0.15) is 0 Å². The van der Waals surface area contributed by atoms with Gasteiger partial charge < -0.3 is 10.3 Å². The number of carbonyl (C=O) groups excluding carboxylic acids is 1. The van der Waals surface area contributed by atoms with Gasteiger partial charge in [0.25, 0.3) is 0 Å². The number of anilines is 1. The monoisotopic (exact) mass is 368 g/mol. The molecule has 0 spiro atoms. The molecule has 9 heteroatoms. The molecular weight excluding hydrogens is 358 g/mol. The summed E-state index contributed by atoms with van der Waals surface area (Å²) in [5, 5.41) is 2.99. The standard InChI is InChI=1S/C15H11ClF2N4OS/c1-7(14(23)20-9-2-3-10(17)11(18)5-9)24-15-21-12-4-8(16)6-19-13(12)22-15/h2-7H,1H3,(H,20,23)(H,19,21,22)/t7-/m1/s1. The predicted octanol–water partition coefficient (Wildman–Crippen LogP) is 4.01. The number of pyridine rings is 1. The molecule has 0 bridgehead atoms. The van der Waals surface area contributed by atoms with E-state index in [0.29, 0.717) is 21.3 Å². The molecule has 3 aromatic rings. The third-order valence-corrected chi connectivity index (χ3v) is 4.32. The normalized spacial score (nSPS) is 12.3. The number of hydrogen-bond acceptors (Lipinski definition) is 4. The molecule has 2 heterocycles. The lowest BCUT2D eigenvalue weighted by molar-refractivity contribution is -0.115. The first-order chi connectivity index (χ1) is 11.4. The maximum Gasteiger partial charge on any atom is 0.237 e. The van der Waals surface area contributed by atoms with Crippen molar-refractivity contribution in [2.24, 2.45) is 0 Å². The van der Waals surface area contributed by atoms with E-state index < -0.39 is 16.9 Å². The topological polar surface area (TPSA) is 70.7 Å². The number of rotatable bonds is 4. The van der Waals surface area contributed by atoms with Crippen molar-refractivity contribution in [3.05, 3.63) is 47.1 Å². The molecule has 0 aliphatic heterocycles. The van der Waals surface area contributed by atoms with Gasteiger partial charge in [-0.25, -0.2) is 18.7 Å². The Labute approximate surface area is 144 Å². The van der Waals surface area contributed by atoms with Crippen LogP contribution in [0.4, 0.5) is 14.5 Å². The summed E-state index contributed by atoms with van der Waals surface area (Å²) in [6.45, 7) is 1.67. The number of H-pyrrole nitrogens is 1. The first-order valence-corrected chi connectivity index (χ1v) is 8.12. The van der Waals surface area contributed by atoms with Crippen LogP contribution in [0.3, 0.4) is 0 Å². The number of thioether (sulfide) groups is 1. The number of hydrogen-bond donors (Lipinski definition) is 2. The van der Waals surface area contributed by atoms with Gasteiger partial charge in [0.2, 0.25) is 5.91 Å². The summed E-state index contributed by atoms with van der Waals surface area (Å²) in [5.41, 5.74) is 1.35. The summed E-state index contributed by atoms with van der Waals surface area (Å²) < 4.78 is 26.1. The molecule has 0 fully saturated rings. The molecule has 24 heavy (non-hydrogen) atoms. The average Bonchev–Trinajstić information content (AvgIpc) is 2.92. The highest BCUT2D eigenvalue weighted by Crippen LogP contribution is 2.25. The number of aromatic amines is 1. The molecule has 1 aromatic carbocycles. The van der Waals surface area contributed by atoms with Crippen LogP contribution in [0.25, 0.3) is 11.2 Å². The third-order valence-electron chi connectivity index (χ3n) is 3.13. The zero-order valence-corrected chi connectivity index (χ0v) is 13.9. The van der Waals surface area contributed by atoms with Crippen LogP contribution < -0.4 is 5.32 Å². The third kappa shape index (κ3) is 3.65. The maximum absolute atomic E-state index is 13.2. The van der Waals surface area contributed by atoms with Crippen LogP contribution in [0.2, 0.25) is 5.02 Å². The molecule has 3 rings (SSSR count). The van der Waals surface area contributed by atoms with E-state index in [9.17, 15) is 13.6 Å². The van der Waals surface area contributed by atoms with Gasteiger partial charge in [0, 0.05) is 18.0 Å². The van der Waals surface area contributed by atoms with Gasteiger partial charge in [-0.3, -0.25) is 4.79 Å². The number of halogens is 3. The zero-order chi connectivity index (χ0) is 17.3. The van der Waals surface area contributed by atoms with E-state index in [1.165, 1.54) is 24.0 Å². The van der Waals surface area contributed by atoms with Crippen LogP contribution in [-0.2, 0) is 4.79 Å². The Morgan fingerprint density at radius 1 is 1.33 bits per heavy atom. The van der Waals surface area contributed by atoms with Gasteiger partial charge in [-0.1, -0.05) is 23.4 Å². The number of fused-ring (bicyclic) bond motifs is 1. The molecule has 0 saturated carbocycles. The average molecular weight is 369 g/mol. The van der Waals surface area contributed by atoms with Crippen molar-refractivity contribution in [2.45, 2.75) is 17.3 Å². The Morgan fingerprint density at radius 3 is 2.88 bits per heavy atom. The van der Waals surface area contributed by atoms with Crippen molar-refractivity contribution in [3.8, 4) is 0 Å². The van der Waals surface area contributed by atoms with Gasteiger partial charge in [0.15, 0.2) is 22.4 Å². The Kier molecular flexibility index (Phi) is 4.68. The summed E-state index contributed by atoms with van der Waals surface area (Å²) in [4.78, 5) is 23.5. The Morgan fingerprint density at radius 2 is 2.12 bits per heavy atom. The van der Waals surface area contributed by atoms with E-state index >= 15 is 0 Å². The maximum atomic E-state index is 13.2. The van der Waals surface area contributed by atoms with Crippen LogP contribution in [-0.4, -0.2) is 26.1 Å². The van der Waals surface area contributed by atoms with Crippen LogP contribution in [0.5, 0.6) is 0 Å². The van der Waals surface area contributed by atoms with Crippen molar-refractivity contribution < 1.29 is 13.6 Å². The quantitative estimate of drug-likeness (QED) is 0.683. The van der Waals surface area contributed by atoms with Crippen molar-refractivity contribution in [1.29, 1.82) is 0 Å². The molecule has 0 saturated heterocycles. The Balaban J connectivity index is 1.69. The van der Waals surface area contributed by atoms with Gasteiger partial charge in [-0.15, -0.1) is 0 Å². The molecule has 1 atom stereocenters. The number of carbonyl (C=O) groups is 1. The van der Waals surface area contributed by atoms with E-state index in [-0.39, 0.29) is 11.6 Å². The van der Waals surface area contributed by atoms with Crippen molar-refractivity contribution >= 4 is 46.1 Å². The second-order valence-electron chi connectivity index (χ2n) is 4.94. The SMILES string of the molecule is C[C@@H](Sc1nc2ncc(Cl)cc2[nH]1)C(=O)Nc1ccc(F)c(F)c1. The van der Waals surface area contributed by atoms with Crippen LogP contribution in [0.15, 0.2) is 35.6 Å². The highest BCUT2D eigenvalue weighted by atomic mass is 35.5. The Bertz CT molecular complexity index is 918. The number of amides is 1. The number of benzene rings is 1. The van der Waals surface area contributed by atoms with Gasteiger partial charge >= 0.3 is 0 Å². The van der Waals surface area contributed by atoms with Crippen molar-refractivity contribution in [2.75, 3.05) is 5.32 Å². The number of nitrogens with one attached hydrogen (secondary N) is 2. The number of imidazole rings is 1. The van der Waals surface area contributed by atoms with E-state index in [1.54, 1.807) is 13.0 Å². The molecular formula is C15H11ClF2N4OS. The van der Waals surface area contributed by atoms with Crippen molar-refractivity contribution in [1.82, 2.24) is 15.0 Å². The van der Waals surface area contributed by atoms with E-state index in [4.69, 9.17) is 11.6 Å². The number of nitrogens with zero attached hydrogens (tertiary/aromatic N) is 2. The van der Waals surface area contributed by atoms with Gasteiger partial charge in [-0.2, -0.15) is 0 Å². The first-order valence-electron chi connectivity index (χ1n) is 6.86. The fourth-order valence-electron chi connectivity index (χ4n) is 1.95. The van der Waals surface area contributed by atoms with E-state index in [1.807, 2.05) is 0 Å². The summed E-state index contributed by atoms with van der Waals surface area (Å²) >= 11 is 7.04. The fraction of sp³-hybridized carbons (Fsp3) is 0.133. The molecule has 0 aliphatic rings. The number of aromatic nitrogens is 3. The molecule has 124 valence electrons. The Hall–Kier alpha value is -2.19. The highest BCUT2D eigenvalue weighted by Gasteiger charge is 2.17. The summed E-state index contributed by atoms with van der Waals surface area (Å²) in [6.07, 6.45) is 1.48. The predicted molar refractivity (Wildman–Crippen MR) is 89.2 cm³/mol. The lowest BCUT2D eigenvalue weighted by Crippen LogP contribution is -2.22. The van der Waals surface area contributed by atoms with E-state index in [0.717, 1.165) is 12.1 Å². The fourth-order valence-corrected chi connectivity index (χ4v) is 2.91. The van der Waals surface area contributed by atoms with E-state index in [2.05, 4.69) is 20.3 Å². The second kappa shape index (κ2) is 6.74. The summed E-state index contributed by atoms with van der Waals surface area (Å²) in [7, 11) is 0. The highest BCUT2D eigenvalue weighted by molar-refractivity contribution is 8.00. The first kappa shape index (κ1) is 16.7. The smallest absolute Gasteiger partial charge is 0.237 e. The lowest BCUT2D eigenvalue weighted by atomic mass is 10.3. The molecule has 0 radical (unpaired) electrons. The van der Waals surface area contributed by atoms with Crippen LogP contribution in [0.1, 0.15) is 6.92 Å². The molecule has 2 aromatic heterocycles. The van der Waals surface area contributed by atoms with Gasteiger partial charge in [-0.05, 0) is 25.1 Å². The van der Waals surface area contributed by atoms with Crippen molar-refractivity contribution in [3.63, 3.8) is 0 Å². The minimum Gasteiger partial charge on any atom is -0.331 e. The molecule has 0 aliphatic carbocycles. The summed E-state index contributed by atoms with van der Waals surface area (Å²) in [6, 6.07) is 4.86. The molecule has 0 unspecified atom stereocenters. The van der Waals surface area contributed by atoms with Gasteiger partial charge in [0.05, 0.1) is 15.8 Å². The minimum absolute atomic E-state index is 0.185. The zero-order valence-electron chi connectivity index (χ0n) is 12.3.